The molecule has 1 aromatic rings. The Labute approximate surface area is 112 Å². The summed E-state index contributed by atoms with van der Waals surface area (Å²) in [6, 6.07) is 5.14. The van der Waals surface area contributed by atoms with Gasteiger partial charge in [0.25, 0.3) is 0 Å². The van der Waals surface area contributed by atoms with Crippen molar-refractivity contribution < 1.29 is 19.4 Å². The third kappa shape index (κ3) is 3.80. The molecule has 0 aliphatic rings. The number of ether oxygens (including phenoxy) is 2. The first-order chi connectivity index (χ1) is 7.54. The maximum absolute atomic E-state index is 10.8. The van der Waals surface area contributed by atoms with Crippen LogP contribution >= 0.6 is 34.2 Å². The van der Waals surface area contributed by atoms with Gasteiger partial charge in [-0.25, -0.2) is 4.79 Å². The summed E-state index contributed by atoms with van der Waals surface area (Å²) in [7, 11) is 1.41. The first-order valence-electron chi connectivity index (χ1n) is 4.38. The van der Waals surface area contributed by atoms with Crippen LogP contribution < -0.4 is 4.74 Å². The van der Waals surface area contributed by atoms with E-state index in [0.717, 1.165) is 3.57 Å². The number of benzene rings is 1. The molecule has 4 nitrogen and oxygen atoms in total. The second-order valence-corrected chi connectivity index (χ2v) is 4.63. The second-order valence-electron chi connectivity index (χ2n) is 2.97. The van der Waals surface area contributed by atoms with Crippen molar-refractivity contribution in [3.63, 3.8) is 0 Å². The molecule has 0 aliphatic heterocycles. The van der Waals surface area contributed by atoms with Crippen LogP contribution in [0.15, 0.2) is 18.2 Å². The summed E-state index contributed by atoms with van der Waals surface area (Å²) < 4.78 is 10.9. The van der Waals surface area contributed by atoms with Crippen LogP contribution in [-0.4, -0.2) is 30.9 Å². The second kappa shape index (κ2) is 6.27. The third-order valence-corrected chi connectivity index (χ3v) is 2.74. The lowest BCUT2D eigenvalue weighted by atomic mass is 10.3. The van der Waals surface area contributed by atoms with E-state index >= 15 is 0 Å². The Morgan fingerprint density at radius 2 is 2.31 bits per heavy atom. The molecular weight excluding hydrogens is 346 g/mol. The topological polar surface area (TPSA) is 55.8 Å². The van der Waals surface area contributed by atoms with Gasteiger partial charge in [0, 0.05) is 10.7 Å². The number of carbonyl (C=O) groups is 1. The van der Waals surface area contributed by atoms with Gasteiger partial charge >= 0.3 is 5.97 Å². The number of halogens is 2. The minimum absolute atomic E-state index is 0.0306. The summed E-state index contributed by atoms with van der Waals surface area (Å²) in [5.74, 6) is -0.741. The fourth-order valence-corrected chi connectivity index (χ4v) is 1.65. The molecule has 1 N–H and O–H groups in total. The number of hydrogen-bond donors (Lipinski definition) is 1. The molecule has 6 heteroatoms. The molecule has 88 valence electrons. The molecule has 0 bridgehead atoms. The Kier molecular flexibility index (Phi) is 5.30. The Hall–Kier alpha value is -0.530. The zero-order chi connectivity index (χ0) is 12.1. The minimum Gasteiger partial charge on any atom is -0.478 e. The fourth-order valence-electron chi connectivity index (χ4n) is 1.03. The van der Waals surface area contributed by atoms with Gasteiger partial charge in [0.05, 0.1) is 11.6 Å². The van der Waals surface area contributed by atoms with Gasteiger partial charge in [-0.05, 0) is 40.8 Å². The molecule has 1 atom stereocenters. The highest BCUT2D eigenvalue weighted by molar-refractivity contribution is 14.1. The molecule has 0 fully saturated rings. The molecule has 1 rings (SSSR count). The molecule has 16 heavy (non-hydrogen) atoms. The minimum atomic E-state index is -1.09. The summed E-state index contributed by atoms with van der Waals surface area (Å²) in [4.78, 5) is 10.8. The van der Waals surface area contributed by atoms with Crippen molar-refractivity contribution in [1.82, 2.24) is 0 Å². The number of carboxylic acids is 1. The van der Waals surface area contributed by atoms with Crippen LogP contribution in [0, 0.1) is 3.57 Å². The Morgan fingerprint density at radius 1 is 1.62 bits per heavy atom. The summed E-state index contributed by atoms with van der Waals surface area (Å²) in [5.41, 5.74) is 0. The number of carboxylic acid groups (broad SMARTS) is 1. The van der Waals surface area contributed by atoms with Gasteiger partial charge in [0.15, 0.2) is 0 Å². The number of rotatable bonds is 5. The van der Waals surface area contributed by atoms with E-state index in [1.54, 1.807) is 12.1 Å². The van der Waals surface area contributed by atoms with Gasteiger partial charge < -0.3 is 14.6 Å². The normalized spacial score (nSPS) is 12.2. The van der Waals surface area contributed by atoms with Crippen LogP contribution in [0.25, 0.3) is 0 Å². The maximum Gasteiger partial charge on any atom is 0.347 e. The maximum atomic E-state index is 10.8. The quantitative estimate of drug-likeness (QED) is 0.823. The molecule has 0 saturated carbocycles. The first-order valence-corrected chi connectivity index (χ1v) is 5.83. The van der Waals surface area contributed by atoms with Gasteiger partial charge in [-0.3, -0.25) is 0 Å². The van der Waals surface area contributed by atoms with E-state index in [4.69, 9.17) is 26.2 Å². The summed E-state index contributed by atoms with van der Waals surface area (Å²) in [6.07, 6.45) is -1.05. The van der Waals surface area contributed by atoms with E-state index in [9.17, 15) is 4.79 Å². The first kappa shape index (κ1) is 13.5. The van der Waals surface area contributed by atoms with E-state index in [2.05, 4.69) is 22.6 Å². The highest BCUT2D eigenvalue weighted by Gasteiger charge is 2.20. The Balaban J connectivity index is 2.84. The summed E-state index contributed by atoms with van der Waals surface area (Å²) in [6.45, 7) is -0.0306. The van der Waals surface area contributed by atoms with Crippen molar-refractivity contribution >= 4 is 40.2 Å². The third-order valence-electron chi connectivity index (χ3n) is 1.76. The monoisotopic (exact) mass is 356 g/mol. The van der Waals surface area contributed by atoms with Crippen molar-refractivity contribution in [2.24, 2.45) is 0 Å². The van der Waals surface area contributed by atoms with Crippen molar-refractivity contribution in [2.75, 3.05) is 13.7 Å². The lowest BCUT2D eigenvalue weighted by molar-refractivity contribution is -0.147. The number of aliphatic carboxylic acids is 1. The molecule has 0 radical (unpaired) electrons. The average Bonchev–Trinajstić information content (AvgIpc) is 2.22. The van der Waals surface area contributed by atoms with Crippen LogP contribution in [-0.2, 0) is 9.53 Å². The van der Waals surface area contributed by atoms with Gasteiger partial charge in [0.1, 0.15) is 5.75 Å². The highest BCUT2D eigenvalue weighted by Crippen LogP contribution is 2.27. The molecule has 0 aliphatic carbocycles. The predicted molar refractivity (Wildman–Crippen MR) is 68.1 cm³/mol. The van der Waals surface area contributed by atoms with Crippen molar-refractivity contribution in [2.45, 2.75) is 6.10 Å². The molecule has 0 saturated heterocycles. The summed E-state index contributed by atoms with van der Waals surface area (Å²) in [5, 5.41) is 9.25. The van der Waals surface area contributed by atoms with Crippen LogP contribution in [0.1, 0.15) is 0 Å². The molecular formula is C10H10ClIO4. The van der Waals surface area contributed by atoms with Crippen molar-refractivity contribution in [3.8, 4) is 5.75 Å². The molecule has 1 unspecified atom stereocenters. The SMILES string of the molecule is COCC(Oc1cc(I)ccc1Cl)C(=O)O. The van der Waals surface area contributed by atoms with E-state index in [1.165, 1.54) is 7.11 Å². The lowest BCUT2D eigenvalue weighted by Crippen LogP contribution is -2.31. The standard InChI is InChI=1S/C10H10ClIO4/c1-15-5-9(10(13)14)16-8-4-6(12)2-3-7(8)11/h2-4,9H,5H2,1H3,(H,13,14). The number of methoxy groups -OCH3 is 1. The molecule has 0 aromatic heterocycles. The number of hydrogen-bond acceptors (Lipinski definition) is 3. The van der Waals surface area contributed by atoms with Crippen LogP contribution in [0.2, 0.25) is 5.02 Å². The molecule has 1 aromatic carbocycles. The Morgan fingerprint density at radius 3 is 2.88 bits per heavy atom. The molecule has 0 spiro atoms. The molecule has 0 amide bonds. The van der Waals surface area contributed by atoms with Gasteiger partial charge in [-0.1, -0.05) is 11.6 Å². The average molecular weight is 357 g/mol. The highest BCUT2D eigenvalue weighted by atomic mass is 127. The van der Waals surface area contributed by atoms with Crippen LogP contribution in [0.3, 0.4) is 0 Å². The van der Waals surface area contributed by atoms with Crippen LogP contribution in [0.5, 0.6) is 5.75 Å². The molecule has 0 heterocycles. The van der Waals surface area contributed by atoms with E-state index < -0.39 is 12.1 Å². The van der Waals surface area contributed by atoms with E-state index in [1.807, 2.05) is 6.07 Å². The predicted octanol–water partition coefficient (Wildman–Crippen LogP) is 2.42. The van der Waals surface area contributed by atoms with E-state index in [-0.39, 0.29) is 6.61 Å². The van der Waals surface area contributed by atoms with Gasteiger partial charge in [0.2, 0.25) is 6.10 Å². The zero-order valence-corrected chi connectivity index (χ0v) is 11.4. The van der Waals surface area contributed by atoms with E-state index in [0.29, 0.717) is 10.8 Å². The largest absolute Gasteiger partial charge is 0.478 e. The zero-order valence-electron chi connectivity index (χ0n) is 8.44. The smallest absolute Gasteiger partial charge is 0.347 e. The van der Waals surface area contributed by atoms with Crippen LogP contribution in [0.4, 0.5) is 0 Å². The van der Waals surface area contributed by atoms with Crippen molar-refractivity contribution in [1.29, 1.82) is 0 Å². The Bertz CT molecular complexity index is 383. The van der Waals surface area contributed by atoms with Gasteiger partial charge in [-0.15, -0.1) is 0 Å². The fraction of sp³-hybridized carbons (Fsp3) is 0.300. The lowest BCUT2D eigenvalue weighted by Gasteiger charge is -2.15. The summed E-state index contributed by atoms with van der Waals surface area (Å²) >= 11 is 7.97. The van der Waals surface area contributed by atoms with Crippen molar-refractivity contribution in [3.05, 3.63) is 26.8 Å². The van der Waals surface area contributed by atoms with Gasteiger partial charge in [-0.2, -0.15) is 0 Å².